The molecule has 0 amide bonds. The molecule has 0 fully saturated rings. The Labute approximate surface area is 151 Å². The lowest BCUT2D eigenvalue weighted by molar-refractivity contribution is 0.0988. The lowest BCUT2D eigenvalue weighted by Crippen LogP contribution is -2.09. The first kappa shape index (κ1) is 17.3. The molecule has 0 spiro atoms. The number of nitrogens with two attached hydrogens (primary N) is 1. The Hall–Kier alpha value is -3.48. The third kappa shape index (κ3) is 4.54. The number of anilines is 3. The summed E-state index contributed by atoms with van der Waals surface area (Å²) in [6.45, 7) is 1.97. The van der Waals surface area contributed by atoms with Gasteiger partial charge >= 0.3 is 0 Å². The monoisotopic (exact) mass is 349 g/mol. The molecule has 1 aromatic heterocycles. The normalized spacial score (nSPS) is 10.3. The molecule has 0 aliphatic heterocycles. The van der Waals surface area contributed by atoms with E-state index in [1.54, 1.807) is 24.3 Å². The van der Waals surface area contributed by atoms with E-state index in [0.717, 1.165) is 5.69 Å². The van der Waals surface area contributed by atoms with Crippen LogP contribution >= 0.6 is 0 Å². The zero-order chi connectivity index (χ0) is 18.4. The molecular weight excluding hydrogens is 330 g/mol. The van der Waals surface area contributed by atoms with Crippen molar-refractivity contribution in [2.75, 3.05) is 11.1 Å². The summed E-state index contributed by atoms with van der Waals surface area (Å²) in [4.78, 5) is 24.1. The average molecular weight is 349 g/mol. The van der Waals surface area contributed by atoms with Crippen LogP contribution in [0, 0.1) is 0 Å². The highest BCUT2D eigenvalue weighted by atomic mass is 16.5. The standard InChI is InChI=1S/C19H19N5O2/c1-2-16(25)13-8-10-15(11-9-13)26-12-17-22-18(20)24-19(23-17)21-14-6-4-3-5-7-14/h3-11H,2,12H2,1H3,(H3,20,21,22,23,24). The summed E-state index contributed by atoms with van der Waals surface area (Å²) in [6, 6.07) is 16.5. The van der Waals surface area contributed by atoms with E-state index in [0.29, 0.717) is 29.5 Å². The van der Waals surface area contributed by atoms with Gasteiger partial charge in [0.15, 0.2) is 11.6 Å². The van der Waals surface area contributed by atoms with Gasteiger partial charge in [-0.15, -0.1) is 0 Å². The number of para-hydroxylation sites is 1. The Kier molecular flexibility index (Phi) is 5.38. The molecule has 7 nitrogen and oxygen atoms in total. The summed E-state index contributed by atoms with van der Waals surface area (Å²) in [5, 5.41) is 3.07. The molecule has 2 aromatic carbocycles. The number of aromatic nitrogens is 3. The number of carbonyl (C=O) groups excluding carboxylic acids is 1. The largest absolute Gasteiger partial charge is 0.486 e. The van der Waals surface area contributed by atoms with Gasteiger partial charge in [-0.25, -0.2) is 0 Å². The molecule has 0 saturated carbocycles. The highest BCUT2D eigenvalue weighted by Gasteiger charge is 2.07. The van der Waals surface area contributed by atoms with Crippen molar-refractivity contribution in [1.82, 2.24) is 15.0 Å². The van der Waals surface area contributed by atoms with Gasteiger partial charge < -0.3 is 15.8 Å². The number of ketones is 1. The molecule has 3 aromatic rings. The van der Waals surface area contributed by atoms with Gasteiger partial charge in [0.1, 0.15) is 12.4 Å². The minimum Gasteiger partial charge on any atom is -0.486 e. The van der Waals surface area contributed by atoms with E-state index in [1.807, 2.05) is 37.3 Å². The molecule has 132 valence electrons. The third-order valence-corrected chi connectivity index (χ3v) is 3.59. The van der Waals surface area contributed by atoms with E-state index < -0.39 is 0 Å². The fraction of sp³-hybridized carbons (Fsp3) is 0.158. The van der Waals surface area contributed by atoms with Crippen molar-refractivity contribution in [3.05, 3.63) is 66.0 Å². The molecule has 0 bridgehead atoms. The number of benzene rings is 2. The number of nitrogen functional groups attached to an aromatic ring is 1. The molecular formula is C19H19N5O2. The summed E-state index contributed by atoms with van der Waals surface area (Å²) in [5.41, 5.74) is 7.27. The second kappa shape index (κ2) is 8.06. The van der Waals surface area contributed by atoms with E-state index in [2.05, 4.69) is 20.3 Å². The number of nitrogens with zero attached hydrogens (tertiary/aromatic N) is 3. The van der Waals surface area contributed by atoms with Gasteiger partial charge in [-0.3, -0.25) is 4.79 Å². The summed E-state index contributed by atoms with van der Waals surface area (Å²) in [6.07, 6.45) is 0.474. The van der Waals surface area contributed by atoms with Crippen molar-refractivity contribution in [3.63, 3.8) is 0 Å². The SMILES string of the molecule is CCC(=O)c1ccc(OCc2nc(N)nc(Nc3ccccc3)n2)cc1. The zero-order valence-corrected chi connectivity index (χ0v) is 14.3. The quantitative estimate of drug-likeness (QED) is 0.630. The molecule has 0 unspecified atom stereocenters. The fourth-order valence-electron chi connectivity index (χ4n) is 2.30. The fourth-order valence-corrected chi connectivity index (χ4v) is 2.30. The van der Waals surface area contributed by atoms with E-state index in [9.17, 15) is 4.79 Å². The lowest BCUT2D eigenvalue weighted by atomic mass is 10.1. The molecule has 7 heteroatoms. The Morgan fingerprint density at radius 2 is 1.77 bits per heavy atom. The smallest absolute Gasteiger partial charge is 0.232 e. The van der Waals surface area contributed by atoms with Crippen molar-refractivity contribution in [2.24, 2.45) is 0 Å². The first-order chi connectivity index (χ1) is 12.6. The van der Waals surface area contributed by atoms with Gasteiger partial charge in [0.25, 0.3) is 0 Å². The third-order valence-electron chi connectivity index (χ3n) is 3.59. The minimum absolute atomic E-state index is 0.0958. The van der Waals surface area contributed by atoms with Crippen LogP contribution < -0.4 is 15.8 Å². The van der Waals surface area contributed by atoms with Crippen LogP contribution in [-0.4, -0.2) is 20.7 Å². The van der Waals surface area contributed by atoms with Crippen LogP contribution in [-0.2, 0) is 6.61 Å². The van der Waals surface area contributed by atoms with E-state index in [1.165, 1.54) is 0 Å². The highest BCUT2D eigenvalue weighted by molar-refractivity contribution is 5.95. The molecule has 0 atom stereocenters. The van der Waals surface area contributed by atoms with Gasteiger partial charge in [-0.2, -0.15) is 15.0 Å². The summed E-state index contributed by atoms with van der Waals surface area (Å²) >= 11 is 0. The van der Waals surface area contributed by atoms with Crippen molar-refractivity contribution in [1.29, 1.82) is 0 Å². The van der Waals surface area contributed by atoms with Crippen LogP contribution in [0.15, 0.2) is 54.6 Å². The molecule has 0 radical (unpaired) electrons. The van der Waals surface area contributed by atoms with Crippen LogP contribution in [0.3, 0.4) is 0 Å². The van der Waals surface area contributed by atoms with Crippen molar-refractivity contribution >= 4 is 23.4 Å². The Balaban J connectivity index is 1.67. The maximum atomic E-state index is 11.6. The van der Waals surface area contributed by atoms with Gasteiger partial charge in [-0.1, -0.05) is 25.1 Å². The second-order valence-electron chi connectivity index (χ2n) is 5.51. The summed E-state index contributed by atoms with van der Waals surface area (Å²) in [7, 11) is 0. The number of ether oxygens (including phenoxy) is 1. The predicted molar refractivity (Wildman–Crippen MR) is 99.4 cm³/mol. The molecule has 0 aliphatic carbocycles. The van der Waals surface area contributed by atoms with Crippen LogP contribution in [0.25, 0.3) is 0 Å². The number of nitrogens with one attached hydrogen (secondary N) is 1. The Morgan fingerprint density at radius 3 is 2.46 bits per heavy atom. The molecule has 0 aliphatic rings. The average Bonchev–Trinajstić information content (AvgIpc) is 2.66. The number of rotatable bonds is 7. The topological polar surface area (TPSA) is 103 Å². The maximum Gasteiger partial charge on any atom is 0.232 e. The van der Waals surface area contributed by atoms with Crippen LogP contribution in [0.2, 0.25) is 0 Å². The number of hydrogen-bond acceptors (Lipinski definition) is 7. The van der Waals surface area contributed by atoms with Crippen molar-refractivity contribution in [3.8, 4) is 5.75 Å². The molecule has 26 heavy (non-hydrogen) atoms. The molecule has 0 saturated heterocycles. The number of Topliss-reactive ketones (excluding diaryl/α,β-unsaturated/α-hetero) is 1. The number of hydrogen-bond donors (Lipinski definition) is 2. The molecule has 3 rings (SSSR count). The van der Waals surface area contributed by atoms with Crippen molar-refractivity contribution in [2.45, 2.75) is 20.0 Å². The van der Waals surface area contributed by atoms with Crippen molar-refractivity contribution < 1.29 is 9.53 Å². The van der Waals surface area contributed by atoms with Gasteiger partial charge in [0.05, 0.1) is 0 Å². The minimum atomic E-state index is 0.0958. The Bertz CT molecular complexity index is 882. The highest BCUT2D eigenvalue weighted by Crippen LogP contribution is 2.16. The Morgan fingerprint density at radius 1 is 1.04 bits per heavy atom. The second-order valence-corrected chi connectivity index (χ2v) is 5.51. The first-order valence-corrected chi connectivity index (χ1v) is 8.22. The van der Waals surface area contributed by atoms with Gasteiger partial charge in [0, 0.05) is 17.7 Å². The predicted octanol–water partition coefficient (Wildman–Crippen LogP) is 3.37. The van der Waals surface area contributed by atoms with Crippen LogP contribution in [0.4, 0.5) is 17.6 Å². The van der Waals surface area contributed by atoms with E-state index in [4.69, 9.17) is 10.5 Å². The van der Waals surface area contributed by atoms with Crippen LogP contribution in [0.5, 0.6) is 5.75 Å². The van der Waals surface area contributed by atoms with Gasteiger partial charge in [-0.05, 0) is 36.4 Å². The number of carbonyl (C=O) groups is 1. The van der Waals surface area contributed by atoms with Gasteiger partial charge in [0.2, 0.25) is 11.9 Å². The first-order valence-electron chi connectivity index (χ1n) is 8.22. The molecule has 1 heterocycles. The molecule has 3 N–H and O–H groups in total. The maximum absolute atomic E-state index is 11.6. The zero-order valence-electron chi connectivity index (χ0n) is 14.3. The summed E-state index contributed by atoms with van der Waals surface area (Å²) in [5.74, 6) is 1.59. The van der Waals surface area contributed by atoms with Crippen LogP contribution in [0.1, 0.15) is 29.5 Å². The lowest BCUT2D eigenvalue weighted by Gasteiger charge is -2.09. The summed E-state index contributed by atoms with van der Waals surface area (Å²) < 4.78 is 5.67. The van der Waals surface area contributed by atoms with E-state index in [-0.39, 0.29) is 18.3 Å². The van der Waals surface area contributed by atoms with E-state index >= 15 is 0 Å².